The smallest absolute Gasteiger partial charge is 0.0670 e. The van der Waals surface area contributed by atoms with E-state index >= 15 is 0 Å². The second-order valence-corrected chi connectivity index (χ2v) is 7.64. The zero-order valence-corrected chi connectivity index (χ0v) is 13.9. The molecule has 3 rings (SSSR count). The predicted molar refractivity (Wildman–Crippen MR) is 86.5 cm³/mol. The van der Waals surface area contributed by atoms with Crippen molar-refractivity contribution in [2.75, 3.05) is 39.3 Å². The van der Waals surface area contributed by atoms with Crippen molar-refractivity contribution in [3.63, 3.8) is 0 Å². The summed E-state index contributed by atoms with van der Waals surface area (Å²) in [6.07, 6.45) is 7.38. The number of rotatable bonds is 4. The summed E-state index contributed by atoms with van der Waals surface area (Å²) in [6.45, 7) is 11.2. The molecule has 3 fully saturated rings. The molecule has 0 saturated carbocycles. The number of ether oxygens (including phenoxy) is 1. The summed E-state index contributed by atoms with van der Waals surface area (Å²) in [7, 11) is 0. The van der Waals surface area contributed by atoms with Crippen molar-refractivity contribution >= 4 is 0 Å². The maximum atomic E-state index is 6.28. The minimum absolute atomic E-state index is 0.0172. The first-order valence-electron chi connectivity index (χ1n) is 8.94. The van der Waals surface area contributed by atoms with Gasteiger partial charge in [-0.25, -0.2) is 0 Å². The molecule has 122 valence electrons. The van der Waals surface area contributed by atoms with Crippen LogP contribution < -0.4 is 5.73 Å². The lowest BCUT2D eigenvalue weighted by Gasteiger charge is -2.50. The van der Waals surface area contributed by atoms with Crippen LogP contribution in [0.2, 0.25) is 0 Å². The van der Waals surface area contributed by atoms with Gasteiger partial charge in [-0.2, -0.15) is 0 Å². The third-order valence-electron chi connectivity index (χ3n) is 6.34. The summed E-state index contributed by atoms with van der Waals surface area (Å²) in [5, 5.41) is 0. The molecule has 0 aromatic heterocycles. The molecule has 3 atom stereocenters. The third kappa shape index (κ3) is 3.00. The monoisotopic (exact) mass is 295 g/mol. The number of hydrogen-bond acceptors (Lipinski definition) is 4. The average Bonchev–Trinajstić information content (AvgIpc) is 3.18. The molecular formula is C17H33N3O. The molecule has 0 aliphatic carbocycles. The van der Waals surface area contributed by atoms with E-state index in [2.05, 4.69) is 23.6 Å². The highest BCUT2D eigenvalue weighted by atomic mass is 16.5. The van der Waals surface area contributed by atoms with Crippen molar-refractivity contribution in [1.29, 1.82) is 0 Å². The number of likely N-dealkylation sites (tertiary alicyclic amines) is 2. The molecule has 4 nitrogen and oxygen atoms in total. The number of nitrogens with two attached hydrogens (primary N) is 1. The van der Waals surface area contributed by atoms with E-state index in [-0.39, 0.29) is 11.1 Å². The Hall–Kier alpha value is -0.160. The second-order valence-electron chi connectivity index (χ2n) is 7.64. The first-order valence-corrected chi connectivity index (χ1v) is 8.94. The SMILES string of the molecule is CCC1(C)CC(CN)(N2CCC(N3CCCC3)C2)CCO1. The van der Waals surface area contributed by atoms with Crippen LogP contribution in [0.25, 0.3) is 0 Å². The first-order chi connectivity index (χ1) is 10.1. The summed E-state index contributed by atoms with van der Waals surface area (Å²) >= 11 is 0. The van der Waals surface area contributed by atoms with Crippen LogP contribution in [0, 0.1) is 0 Å². The highest BCUT2D eigenvalue weighted by molar-refractivity contribution is 5.03. The van der Waals surface area contributed by atoms with Gasteiger partial charge in [0.1, 0.15) is 0 Å². The van der Waals surface area contributed by atoms with Gasteiger partial charge in [0.2, 0.25) is 0 Å². The Morgan fingerprint density at radius 3 is 2.67 bits per heavy atom. The molecule has 3 aliphatic rings. The van der Waals surface area contributed by atoms with Gasteiger partial charge in [0.25, 0.3) is 0 Å². The molecule has 3 unspecified atom stereocenters. The molecule has 0 spiro atoms. The number of hydrogen-bond donors (Lipinski definition) is 1. The first kappa shape index (κ1) is 15.7. The van der Waals surface area contributed by atoms with Crippen LogP contribution >= 0.6 is 0 Å². The molecule has 0 amide bonds. The van der Waals surface area contributed by atoms with E-state index in [1.807, 2.05) is 0 Å². The summed E-state index contributed by atoms with van der Waals surface area (Å²) in [5.41, 5.74) is 6.48. The minimum Gasteiger partial charge on any atom is -0.375 e. The Morgan fingerprint density at radius 1 is 1.24 bits per heavy atom. The van der Waals surface area contributed by atoms with Gasteiger partial charge in [-0.1, -0.05) is 6.92 Å². The molecule has 0 radical (unpaired) electrons. The molecule has 4 heteroatoms. The maximum Gasteiger partial charge on any atom is 0.0670 e. The second kappa shape index (κ2) is 6.15. The molecular weight excluding hydrogens is 262 g/mol. The molecule has 2 N–H and O–H groups in total. The molecule has 21 heavy (non-hydrogen) atoms. The van der Waals surface area contributed by atoms with Gasteiger partial charge >= 0.3 is 0 Å². The lowest BCUT2D eigenvalue weighted by atomic mass is 9.78. The fourth-order valence-corrected chi connectivity index (χ4v) is 4.70. The lowest BCUT2D eigenvalue weighted by molar-refractivity contribution is -0.126. The fourth-order valence-electron chi connectivity index (χ4n) is 4.70. The van der Waals surface area contributed by atoms with E-state index in [1.54, 1.807) is 0 Å². The zero-order valence-electron chi connectivity index (χ0n) is 13.9. The van der Waals surface area contributed by atoms with E-state index in [0.717, 1.165) is 38.5 Å². The van der Waals surface area contributed by atoms with E-state index < -0.39 is 0 Å². The Balaban J connectivity index is 1.68. The predicted octanol–water partition coefficient (Wildman–Crippen LogP) is 1.83. The van der Waals surface area contributed by atoms with Gasteiger partial charge in [-0.15, -0.1) is 0 Å². The van der Waals surface area contributed by atoms with Crippen molar-refractivity contribution in [3.05, 3.63) is 0 Å². The lowest BCUT2D eigenvalue weighted by Crippen LogP contribution is -2.60. The quantitative estimate of drug-likeness (QED) is 0.859. The summed E-state index contributed by atoms with van der Waals surface area (Å²) in [4.78, 5) is 5.43. The topological polar surface area (TPSA) is 41.7 Å². The molecule has 3 aliphatic heterocycles. The Bertz CT molecular complexity index is 358. The van der Waals surface area contributed by atoms with Crippen LogP contribution in [0.3, 0.4) is 0 Å². The van der Waals surface area contributed by atoms with E-state index in [9.17, 15) is 0 Å². The third-order valence-corrected chi connectivity index (χ3v) is 6.34. The highest BCUT2D eigenvalue weighted by Gasteiger charge is 2.47. The van der Waals surface area contributed by atoms with E-state index in [4.69, 9.17) is 10.5 Å². The van der Waals surface area contributed by atoms with Crippen LogP contribution in [-0.2, 0) is 4.74 Å². The van der Waals surface area contributed by atoms with Crippen LogP contribution in [0.5, 0.6) is 0 Å². The molecule has 3 heterocycles. The van der Waals surface area contributed by atoms with Crippen molar-refractivity contribution in [1.82, 2.24) is 9.80 Å². The van der Waals surface area contributed by atoms with E-state index in [1.165, 1.54) is 45.4 Å². The average molecular weight is 295 g/mol. The summed E-state index contributed by atoms with van der Waals surface area (Å²) < 4.78 is 6.07. The van der Waals surface area contributed by atoms with Crippen LogP contribution in [-0.4, -0.2) is 66.3 Å². The molecule has 0 aromatic rings. The molecule has 0 bridgehead atoms. The standard InChI is InChI=1S/C17H33N3O/c1-3-16(2)13-17(14-18,7-11-21-16)20-10-6-15(12-20)19-8-4-5-9-19/h15H,3-14,18H2,1-2H3. The summed E-state index contributed by atoms with van der Waals surface area (Å²) in [6, 6.07) is 0.770. The van der Waals surface area contributed by atoms with Crippen molar-refractivity contribution in [3.8, 4) is 0 Å². The summed E-state index contributed by atoms with van der Waals surface area (Å²) in [5.74, 6) is 0. The molecule has 0 aromatic carbocycles. The largest absolute Gasteiger partial charge is 0.375 e. The fraction of sp³-hybridized carbons (Fsp3) is 1.00. The van der Waals surface area contributed by atoms with Gasteiger partial charge < -0.3 is 10.5 Å². The minimum atomic E-state index is 0.0172. The normalized spacial score (nSPS) is 42.7. The Labute approximate surface area is 130 Å². The van der Waals surface area contributed by atoms with Gasteiger partial charge in [0, 0.05) is 37.8 Å². The Morgan fingerprint density at radius 2 is 2.00 bits per heavy atom. The Kier molecular flexibility index (Phi) is 4.60. The van der Waals surface area contributed by atoms with Gasteiger partial charge in [-0.3, -0.25) is 9.80 Å². The van der Waals surface area contributed by atoms with Crippen molar-refractivity contribution in [2.45, 2.75) is 69.6 Å². The van der Waals surface area contributed by atoms with Gasteiger partial charge in [-0.05, 0) is 58.5 Å². The van der Waals surface area contributed by atoms with Crippen molar-refractivity contribution < 1.29 is 4.74 Å². The molecule has 3 saturated heterocycles. The maximum absolute atomic E-state index is 6.28. The van der Waals surface area contributed by atoms with Gasteiger partial charge in [0.05, 0.1) is 5.60 Å². The highest BCUT2D eigenvalue weighted by Crippen LogP contribution is 2.40. The van der Waals surface area contributed by atoms with Crippen molar-refractivity contribution in [2.24, 2.45) is 5.73 Å². The van der Waals surface area contributed by atoms with Crippen LogP contribution in [0.15, 0.2) is 0 Å². The zero-order chi connectivity index (χ0) is 14.9. The van der Waals surface area contributed by atoms with Crippen LogP contribution in [0.4, 0.5) is 0 Å². The number of nitrogens with zero attached hydrogens (tertiary/aromatic N) is 2. The van der Waals surface area contributed by atoms with Crippen LogP contribution in [0.1, 0.15) is 52.4 Å². The van der Waals surface area contributed by atoms with E-state index in [0.29, 0.717) is 0 Å². The van der Waals surface area contributed by atoms with Gasteiger partial charge in [0.15, 0.2) is 0 Å².